The van der Waals surface area contributed by atoms with Gasteiger partial charge in [0, 0.05) is 24.0 Å². The molecule has 0 radical (unpaired) electrons. The molecule has 152 valence electrons. The van der Waals surface area contributed by atoms with Gasteiger partial charge in [0.1, 0.15) is 0 Å². The number of benzene rings is 1. The number of aliphatic hydroxyl groups excluding tert-OH is 1. The average Bonchev–Trinajstić information content (AvgIpc) is 3.25. The van der Waals surface area contributed by atoms with E-state index in [4.69, 9.17) is 11.6 Å². The Morgan fingerprint density at radius 1 is 1.14 bits per heavy atom. The highest BCUT2D eigenvalue weighted by atomic mass is 35.5. The van der Waals surface area contributed by atoms with Gasteiger partial charge in [0.25, 0.3) is 0 Å². The molecule has 2 amide bonds. The predicted octanol–water partition coefficient (Wildman–Crippen LogP) is 2.79. The molecule has 0 spiro atoms. The highest BCUT2D eigenvalue weighted by Gasteiger charge is 2.41. The van der Waals surface area contributed by atoms with Gasteiger partial charge in [-0.05, 0) is 61.6 Å². The van der Waals surface area contributed by atoms with E-state index in [1.807, 2.05) is 17.0 Å². The van der Waals surface area contributed by atoms with E-state index in [2.05, 4.69) is 5.32 Å². The number of aliphatic hydroxyl groups is 1. The maximum absolute atomic E-state index is 12.9. The van der Waals surface area contributed by atoms with Crippen LogP contribution < -0.4 is 5.32 Å². The van der Waals surface area contributed by atoms with Crippen LogP contribution in [0.4, 0.5) is 0 Å². The van der Waals surface area contributed by atoms with Gasteiger partial charge in [0.2, 0.25) is 11.8 Å². The summed E-state index contributed by atoms with van der Waals surface area (Å²) in [6, 6.07) is 6.96. The molecule has 3 fully saturated rings. The van der Waals surface area contributed by atoms with Crippen molar-refractivity contribution in [3.05, 3.63) is 34.9 Å². The summed E-state index contributed by atoms with van der Waals surface area (Å²) in [4.78, 5) is 27.3. The lowest BCUT2D eigenvalue weighted by Gasteiger charge is -2.34. The number of nitrogens with one attached hydrogen (secondary N) is 1. The highest BCUT2D eigenvalue weighted by Crippen LogP contribution is 2.39. The largest absolute Gasteiger partial charge is 0.391 e. The highest BCUT2D eigenvalue weighted by molar-refractivity contribution is 6.30. The number of hydrogen-bond donors (Lipinski definition) is 2. The molecule has 1 aromatic carbocycles. The van der Waals surface area contributed by atoms with Crippen LogP contribution in [0.25, 0.3) is 0 Å². The van der Waals surface area contributed by atoms with Crippen LogP contribution in [0.3, 0.4) is 0 Å². The number of carbonyl (C=O) groups excluding carboxylic acids is 2. The van der Waals surface area contributed by atoms with E-state index in [9.17, 15) is 14.7 Å². The molecule has 6 heteroatoms. The van der Waals surface area contributed by atoms with Gasteiger partial charge in [-0.15, -0.1) is 0 Å². The van der Waals surface area contributed by atoms with E-state index >= 15 is 0 Å². The standard InChI is InChI=1S/C22H29ClN2O3/c23-18-6-1-3-14(9-18)10-21(27)24-19-8-7-15(11-20(19)26)22(28)25-12-16-4-2-5-17(16)13-25/h1,3,6,9,15-17,19-20,26H,2,4-5,7-8,10-13H2,(H,24,27)/t15-,16-,17+,19-,20-/m0/s1. The van der Waals surface area contributed by atoms with Gasteiger partial charge in [-0.2, -0.15) is 0 Å². The van der Waals surface area contributed by atoms with Crippen molar-refractivity contribution >= 4 is 23.4 Å². The summed E-state index contributed by atoms with van der Waals surface area (Å²) in [6.07, 6.45) is 5.17. The summed E-state index contributed by atoms with van der Waals surface area (Å²) in [5.41, 5.74) is 0.850. The molecule has 2 N–H and O–H groups in total. The zero-order valence-corrected chi connectivity index (χ0v) is 16.9. The second-order valence-corrected chi connectivity index (χ2v) is 9.19. The van der Waals surface area contributed by atoms with E-state index in [0.717, 1.165) is 25.1 Å². The topological polar surface area (TPSA) is 69.6 Å². The third kappa shape index (κ3) is 4.36. The van der Waals surface area contributed by atoms with Gasteiger partial charge < -0.3 is 15.3 Å². The zero-order chi connectivity index (χ0) is 19.7. The van der Waals surface area contributed by atoms with Crippen molar-refractivity contribution < 1.29 is 14.7 Å². The van der Waals surface area contributed by atoms with E-state index < -0.39 is 6.10 Å². The number of rotatable bonds is 4. The number of amides is 2. The lowest BCUT2D eigenvalue weighted by atomic mass is 9.83. The Morgan fingerprint density at radius 2 is 1.89 bits per heavy atom. The summed E-state index contributed by atoms with van der Waals surface area (Å²) in [5, 5.41) is 14.1. The van der Waals surface area contributed by atoms with Crippen molar-refractivity contribution in [2.45, 2.75) is 57.1 Å². The molecule has 1 saturated heterocycles. The fourth-order valence-corrected chi connectivity index (χ4v) is 5.52. The Balaban J connectivity index is 1.26. The van der Waals surface area contributed by atoms with Crippen molar-refractivity contribution in [1.29, 1.82) is 0 Å². The quantitative estimate of drug-likeness (QED) is 0.810. The van der Waals surface area contributed by atoms with Crippen molar-refractivity contribution in [2.24, 2.45) is 17.8 Å². The number of nitrogens with zero attached hydrogens (tertiary/aromatic N) is 1. The second kappa shape index (κ2) is 8.42. The molecular weight excluding hydrogens is 376 g/mol. The number of likely N-dealkylation sites (tertiary alicyclic amines) is 1. The third-order valence-electron chi connectivity index (χ3n) is 6.80. The monoisotopic (exact) mass is 404 g/mol. The first-order chi connectivity index (χ1) is 13.5. The Morgan fingerprint density at radius 3 is 2.57 bits per heavy atom. The minimum atomic E-state index is -0.673. The first kappa shape index (κ1) is 19.7. The molecule has 0 unspecified atom stereocenters. The van der Waals surface area contributed by atoms with Crippen LogP contribution in [-0.4, -0.2) is 47.1 Å². The molecular formula is C22H29ClN2O3. The van der Waals surface area contributed by atoms with Gasteiger partial charge in [0.15, 0.2) is 0 Å². The number of hydrogen-bond acceptors (Lipinski definition) is 3. The van der Waals surface area contributed by atoms with Crippen molar-refractivity contribution in [3.8, 4) is 0 Å². The van der Waals surface area contributed by atoms with Crippen LogP contribution in [0.15, 0.2) is 24.3 Å². The minimum absolute atomic E-state index is 0.116. The molecule has 2 saturated carbocycles. The molecule has 0 aromatic heterocycles. The molecule has 4 rings (SSSR count). The zero-order valence-electron chi connectivity index (χ0n) is 16.1. The van der Waals surface area contributed by atoms with Crippen LogP contribution in [-0.2, 0) is 16.0 Å². The van der Waals surface area contributed by atoms with Crippen LogP contribution >= 0.6 is 11.6 Å². The van der Waals surface area contributed by atoms with Crippen LogP contribution in [0.1, 0.15) is 44.1 Å². The Kier molecular flexibility index (Phi) is 5.93. The summed E-state index contributed by atoms with van der Waals surface area (Å²) in [7, 11) is 0. The summed E-state index contributed by atoms with van der Waals surface area (Å²) >= 11 is 5.97. The SMILES string of the molecule is O=C(Cc1cccc(Cl)c1)N[C@H]1CC[C@H](C(=O)N2C[C@H]3CCC[C@H]3C2)C[C@@H]1O. The molecule has 5 nitrogen and oxygen atoms in total. The van der Waals surface area contributed by atoms with Gasteiger partial charge >= 0.3 is 0 Å². The predicted molar refractivity (Wildman–Crippen MR) is 108 cm³/mol. The molecule has 3 aliphatic rings. The second-order valence-electron chi connectivity index (χ2n) is 8.75. The number of carbonyl (C=O) groups is 2. The molecule has 1 heterocycles. The first-order valence-electron chi connectivity index (χ1n) is 10.5. The van der Waals surface area contributed by atoms with Gasteiger partial charge in [-0.25, -0.2) is 0 Å². The molecule has 28 heavy (non-hydrogen) atoms. The Hall–Kier alpha value is -1.59. The fraction of sp³-hybridized carbons (Fsp3) is 0.636. The molecule has 2 aliphatic carbocycles. The van der Waals surface area contributed by atoms with Gasteiger partial charge in [0.05, 0.1) is 18.6 Å². The molecule has 0 bridgehead atoms. The lowest BCUT2D eigenvalue weighted by molar-refractivity contribution is -0.137. The summed E-state index contributed by atoms with van der Waals surface area (Å²) in [6.45, 7) is 1.80. The Labute approximate surface area is 171 Å². The van der Waals surface area contributed by atoms with E-state index in [-0.39, 0.29) is 30.2 Å². The fourth-order valence-electron chi connectivity index (χ4n) is 5.30. The van der Waals surface area contributed by atoms with E-state index in [1.165, 1.54) is 19.3 Å². The lowest BCUT2D eigenvalue weighted by Crippen LogP contribution is -2.49. The van der Waals surface area contributed by atoms with Crippen molar-refractivity contribution in [2.75, 3.05) is 13.1 Å². The molecule has 5 atom stereocenters. The van der Waals surface area contributed by atoms with Gasteiger partial charge in [-0.3, -0.25) is 9.59 Å². The smallest absolute Gasteiger partial charge is 0.225 e. The Bertz CT molecular complexity index is 728. The van der Waals surface area contributed by atoms with Crippen molar-refractivity contribution in [1.82, 2.24) is 10.2 Å². The average molecular weight is 405 g/mol. The van der Waals surface area contributed by atoms with E-state index in [1.54, 1.807) is 12.1 Å². The van der Waals surface area contributed by atoms with Crippen LogP contribution in [0.2, 0.25) is 5.02 Å². The van der Waals surface area contributed by atoms with Crippen LogP contribution in [0.5, 0.6) is 0 Å². The molecule has 1 aromatic rings. The third-order valence-corrected chi connectivity index (χ3v) is 7.04. The summed E-state index contributed by atoms with van der Waals surface area (Å²) in [5.74, 6) is 1.35. The number of halogens is 1. The summed E-state index contributed by atoms with van der Waals surface area (Å²) < 4.78 is 0. The maximum atomic E-state index is 12.9. The van der Waals surface area contributed by atoms with Gasteiger partial charge in [-0.1, -0.05) is 30.2 Å². The molecule has 1 aliphatic heterocycles. The maximum Gasteiger partial charge on any atom is 0.225 e. The first-order valence-corrected chi connectivity index (χ1v) is 10.9. The normalized spacial score (nSPS) is 32.2. The number of fused-ring (bicyclic) bond motifs is 1. The van der Waals surface area contributed by atoms with Crippen molar-refractivity contribution in [3.63, 3.8) is 0 Å². The minimum Gasteiger partial charge on any atom is -0.391 e. The van der Waals surface area contributed by atoms with Crippen LogP contribution in [0, 0.1) is 17.8 Å². The van der Waals surface area contributed by atoms with E-state index in [0.29, 0.717) is 29.7 Å².